The molecule has 0 radical (unpaired) electrons. The lowest BCUT2D eigenvalue weighted by atomic mass is 10.1. The van der Waals surface area contributed by atoms with E-state index in [9.17, 15) is 8.42 Å². The van der Waals surface area contributed by atoms with Crippen molar-refractivity contribution in [1.29, 1.82) is 0 Å². The van der Waals surface area contributed by atoms with E-state index in [2.05, 4.69) is 20.0 Å². The topological polar surface area (TPSA) is 89.2 Å². The van der Waals surface area contributed by atoms with Gasteiger partial charge in [0.1, 0.15) is 0 Å². The second kappa shape index (κ2) is 6.48. The van der Waals surface area contributed by atoms with Crippen LogP contribution in [0.25, 0.3) is 16.9 Å². The van der Waals surface area contributed by atoms with Crippen LogP contribution in [0.4, 0.5) is 5.69 Å². The van der Waals surface area contributed by atoms with Gasteiger partial charge in [-0.2, -0.15) is 9.61 Å². The maximum absolute atomic E-state index is 12.5. The summed E-state index contributed by atoms with van der Waals surface area (Å²) in [7, 11) is -3.62. The minimum absolute atomic E-state index is 0.229. The molecule has 1 N–H and O–H groups in total. The van der Waals surface area contributed by atoms with Crippen LogP contribution in [0.1, 0.15) is 11.4 Å². The fraction of sp³-hybridized carbons (Fsp3) is 0.105. The van der Waals surface area contributed by atoms with Gasteiger partial charge in [0.25, 0.3) is 10.0 Å². The largest absolute Gasteiger partial charge is 0.280 e. The molecule has 7 nitrogen and oxygen atoms in total. The number of hydrogen-bond acceptors (Lipinski definition) is 5. The molecule has 0 saturated carbocycles. The molecule has 4 aromatic rings. The Balaban J connectivity index is 1.59. The number of sulfonamides is 1. The van der Waals surface area contributed by atoms with Gasteiger partial charge in [-0.25, -0.2) is 8.42 Å². The third-order valence-corrected chi connectivity index (χ3v) is 5.58. The van der Waals surface area contributed by atoms with Crippen molar-refractivity contribution in [3.05, 3.63) is 72.1 Å². The summed E-state index contributed by atoms with van der Waals surface area (Å²) in [5.41, 5.74) is 3.78. The maximum atomic E-state index is 12.5. The molecule has 4 rings (SSSR count). The first-order chi connectivity index (χ1) is 12.9. The van der Waals surface area contributed by atoms with Crippen molar-refractivity contribution in [2.24, 2.45) is 0 Å². The van der Waals surface area contributed by atoms with Crippen LogP contribution in [0.15, 0.2) is 65.6 Å². The first kappa shape index (κ1) is 17.2. The summed E-state index contributed by atoms with van der Waals surface area (Å²) in [5.74, 6) is 0.703. The molecule has 2 aromatic heterocycles. The van der Waals surface area contributed by atoms with Crippen molar-refractivity contribution in [1.82, 2.24) is 19.8 Å². The molecule has 0 spiro atoms. The smallest absolute Gasteiger partial charge is 0.261 e. The second-order valence-corrected chi connectivity index (χ2v) is 7.91. The van der Waals surface area contributed by atoms with Crippen molar-refractivity contribution in [2.45, 2.75) is 18.7 Å². The molecule has 0 bridgehead atoms. The highest BCUT2D eigenvalue weighted by Gasteiger charge is 2.14. The standard InChI is InChI=1S/C19H17N5O2S/c1-13-3-9-17(10-4-13)27(25,26)23-16-7-5-15(6-8-16)18-11-12-19-21-20-14(2)24(19)22-18/h3-12,23H,1-2H3. The molecule has 0 saturated heterocycles. The Hall–Kier alpha value is -3.26. The summed E-state index contributed by atoms with van der Waals surface area (Å²) in [4.78, 5) is 0.229. The summed E-state index contributed by atoms with van der Waals surface area (Å²) >= 11 is 0. The van der Waals surface area contributed by atoms with E-state index in [1.807, 2.05) is 38.1 Å². The molecule has 2 heterocycles. The van der Waals surface area contributed by atoms with E-state index in [-0.39, 0.29) is 4.90 Å². The third-order valence-electron chi connectivity index (χ3n) is 4.18. The van der Waals surface area contributed by atoms with Gasteiger partial charge < -0.3 is 0 Å². The van der Waals surface area contributed by atoms with Gasteiger partial charge >= 0.3 is 0 Å². The number of aromatic nitrogens is 4. The van der Waals surface area contributed by atoms with Gasteiger partial charge in [-0.15, -0.1) is 10.2 Å². The molecule has 0 aliphatic heterocycles. The number of aryl methyl sites for hydroxylation is 2. The maximum Gasteiger partial charge on any atom is 0.261 e. The number of benzene rings is 2. The minimum Gasteiger partial charge on any atom is -0.280 e. The number of hydrogen-bond donors (Lipinski definition) is 1. The van der Waals surface area contributed by atoms with E-state index in [4.69, 9.17) is 0 Å². The van der Waals surface area contributed by atoms with E-state index in [0.29, 0.717) is 17.2 Å². The van der Waals surface area contributed by atoms with Crippen molar-refractivity contribution in [3.63, 3.8) is 0 Å². The first-order valence-electron chi connectivity index (χ1n) is 8.31. The molecule has 0 unspecified atom stereocenters. The predicted molar refractivity (Wildman–Crippen MR) is 103 cm³/mol. The van der Waals surface area contributed by atoms with E-state index in [0.717, 1.165) is 16.8 Å². The molecular formula is C19H17N5O2S. The number of nitrogens with zero attached hydrogens (tertiary/aromatic N) is 4. The average Bonchev–Trinajstić information content (AvgIpc) is 3.03. The quantitative estimate of drug-likeness (QED) is 0.588. The molecule has 0 amide bonds. The van der Waals surface area contributed by atoms with Gasteiger partial charge in [0.15, 0.2) is 11.5 Å². The molecule has 8 heteroatoms. The Kier molecular flexibility index (Phi) is 4.12. The Labute approximate surface area is 156 Å². The van der Waals surface area contributed by atoms with Gasteiger partial charge in [0, 0.05) is 11.3 Å². The van der Waals surface area contributed by atoms with Gasteiger partial charge in [-0.05, 0) is 50.2 Å². The highest BCUT2D eigenvalue weighted by molar-refractivity contribution is 7.92. The van der Waals surface area contributed by atoms with Gasteiger partial charge in [0.05, 0.1) is 10.6 Å². The number of fused-ring (bicyclic) bond motifs is 1. The Bertz CT molecular complexity index is 1210. The van der Waals surface area contributed by atoms with Gasteiger partial charge in [-0.3, -0.25) is 4.72 Å². The van der Waals surface area contributed by atoms with Gasteiger partial charge in [0.2, 0.25) is 0 Å². The van der Waals surface area contributed by atoms with Crippen LogP contribution in [0.3, 0.4) is 0 Å². The molecule has 2 aromatic carbocycles. The first-order valence-corrected chi connectivity index (χ1v) is 9.80. The van der Waals surface area contributed by atoms with Crippen LogP contribution in [0.5, 0.6) is 0 Å². The minimum atomic E-state index is -3.62. The summed E-state index contributed by atoms with van der Waals surface area (Å²) in [6.07, 6.45) is 0. The van der Waals surface area contributed by atoms with Crippen LogP contribution < -0.4 is 4.72 Å². The Morgan fingerprint density at radius 1 is 0.852 bits per heavy atom. The van der Waals surface area contributed by atoms with E-state index < -0.39 is 10.0 Å². The molecule has 136 valence electrons. The zero-order valence-electron chi connectivity index (χ0n) is 14.8. The lowest BCUT2D eigenvalue weighted by Gasteiger charge is -2.09. The highest BCUT2D eigenvalue weighted by atomic mass is 32.2. The van der Waals surface area contributed by atoms with Crippen molar-refractivity contribution >= 4 is 21.4 Å². The van der Waals surface area contributed by atoms with Crippen molar-refractivity contribution < 1.29 is 8.42 Å². The highest BCUT2D eigenvalue weighted by Crippen LogP contribution is 2.22. The van der Waals surface area contributed by atoms with Gasteiger partial charge in [-0.1, -0.05) is 29.8 Å². The lowest BCUT2D eigenvalue weighted by molar-refractivity contribution is 0.601. The van der Waals surface area contributed by atoms with E-state index in [1.54, 1.807) is 40.9 Å². The zero-order valence-corrected chi connectivity index (χ0v) is 15.6. The summed E-state index contributed by atoms with van der Waals surface area (Å²) in [5, 5.41) is 12.5. The van der Waals surface area contributed by atoms with Crippen molar-refractivity contribution in [3.8, 4) is 11.3 Å². The average molecular weight is 379 g/mol. The van der Waals surface area contributed by atoms with Crippen LogP contribution in [0, 0.1) is 13.8 Å². The normalized spacial score (nSPS) is 11.6. The SMILES string of the molecule is Cc1ccc(S(=O)(=O)Nc2ccc(-c3ccc4nnc(C)n4n3)cc2)cc1. The lowest BCUT2D eigenvalue weighted by Crippen LogP contribution is -2.12. The Morgan fingerprint density at radius 2 is 1.56 bits per heavy atom. The fourth-order valence-electron chi connectivity index (χ4n) is 2.69. The molecule has 0 atom stereocenters. The molecule has 0 aliphatic rings. The Morgan fingerprint density at radius 3 is 2.26 bits per heavy atom. The second-order valence-electron chi connectivity index (χ2n) is 6.23. The zero-order chi connectivity index (χ0) is 19.0. The predicted octanol–water partition coefficient (Wildman–Crippen LogP) is 3.21. The monoisotopic (exact) mass is 379 g/mol. The third kappa shape index (κ3) is 3.39. The van der Waals surface area contributed by atoms with Crippen molar-refractivity contribution in [2.75, 3.05) is 4.72 Å². The van der Waals surface area contributed by atoms with Crippen LogP contribution in [-0.2, 0) is 10.0 Å². The number of nitrogens with one attached hydrogen (secondary N) is 1. The fourth-order valence-corrected chi connectivity index (χ4v) is 3.75. The summed E-state index contributed by atoms with van der Waals surface area (Å²) < 4.78 is 29.2. The number of rotatable bonds is 4. The summed E-state index contributed by atoms with van der Waals surface area (Å²) in [6.45, 7) is 3.75. The molecule has 0 fully saturated rings. The van der Waals surface area contributed by atoms with E-state index >= 15 is 0 Å². The van der Waals surface area contributed by atoms with Crippen LogP contribution in [0.2, 0.25) is 0 Å². The molecular weight excluding hydrogens is 362 g/mol. The van der Waals surface area contributed by atoms with Crippen LogP contribution in [-0.4, -0.2) is 28.2 Å². The summed E-state index contributed by atoms with van der Waals surface area (Å²) in [6, 6.07) is 17.5. The van der Waals surface area contributed by atoms with E-state index in [1.165, 1.54) is 0 Å². The number of anilines is 1. The van der Waals surface area contributed by atoms with Crippen LogP contribution >= 0.6 is 0 Å². The molecule has 27 heavy (non-hydrogen) atoms. The molecule has 0 aliphatic carbocycles.